The molecule has 1 unspecified atom stereocenters. The lowest BCUT2D eigenvalue weighted by Crippen LogP contribution is -2.50. The lowest BCUT2D eigenvalue weighted by Gasteiger charge is -2.34. The molecule has 1 heterocycles. The van der Waals surface area contributed by atoms with Crippen LogP contribution in [0.15, 0.2) is 18.2 Å². The van der Waals surface area contributed by atoms with Crippen molar-refractivity contribution in [2.75, 3.05) is 37.9 Å². The van der Waals surface area contributed by atoms with Gasteiger partial charge in [0, 0.05) is 19.2 Å². The Balaban J connectivity index is 2.38. The summed E-state index contributed by atoms with van der Waals surface area (Å²) in [6, 6.07) is 3.98. The van der Waals surface area contributed by atoms with E-state index in [9.17, 15) is 13.2 Å². The van der Waals surface area contributed by atoms with Crippen LogP contribution in [0.5, 0.6) is 11.5 Å². The maximum Gasteiger partial charge on any atom is 0.246 e. The smallest absolute Gasteiger partial charge is 0.246 e. The molecule has 1 atom stereocenters. The molecule has 1 aliphatic rings. The van der Waals surface area contributed by atoms with Crippen LogP contribution in [0.4, 0.5) is 5.69 Å². The molecule has 1 saturated heterocycles. The summed E-state index contributed by atoms with van der Waals surface area (Å²) in [5, 5.41) is 0. The highest BCUT2D eigenvalue weighted by Crippen LogP contribution is 2.33. The summed E-state index contributed by atoms with van der Waals surface area (Å²) in [4.78, 5) is 14.5. The first-order valence-corrected chi connectivity index (χ1v) is 10.1. The van der Waals surface area contributed by atoms with Gasteiger partial charge >= 0.3 is 0 Å². The summed E-state index contributed by atoms with van der Waals surface area (Å²) in [7, 11) is -0.667. The van der Waals surface area contributed by atoms with Crippen LogP contribution in [0.1, 0.15) is 26.2 Å². The highest BCUT2D eigenvalue weighted by Gasteiger charge is 2.33. The van der Waals surface area contributed by atoms with Crippen molar-refractivity contribution < 1.29 is 22.7 Å². The molecule has 2 rings (SSSR count). The average molecular weight is 370 g/mol. The Morgan fingerprint density at radius 3 is 2.24 bits per heavy atom. The van der Waals surface area contributed by atoms with E-state index in [1.165, 1.54) is 14.2 Å². The molecule has 140 valence electrons. The van der Waals surface area contributed by atoms with E-state index in [0.717, 1.165) is 29.8 Å². The zero-order valence-corrected chi connectivity index (χ0v) is 16.0. The molecule has 0 bridgehead atoms. The van der Waals surface area contributed by atoms with E-state index in [1.807, 2.05) is 0 Å². The number of benzene rings is 1. The van der Waals surface area contributed by atoms with Gasteiger partial charge in [0.25, 0.3) is 0 Å². The van der Waals surface area contributed by atoms with Crippen molar-refractivity contribution in [2.24, 2.45) is 0 Å². The Morgan fingerprint density at radius 1 is 1.12 bits per heavy atom. The largest absolute Gasteiger partial charge is 0.493 e. The molecule has 0 saturated carbocycles. The predicted octanol–water partition coefficient (Wildman–Crippen LogP) is 1.87. The summed E-state index contributed by atoms with van der Waals surface area (Å²) in [6.07, 6.45) is 4.11. The zero-order chi connectivity index (χ0) is 18.6. The second-order valence-electron chi connectivity index (χ2n) is 6.16. The minimum absolute atomic E-state index is 0.181. The number of methoxy groups -OCH3 is 2. The molecular weight excluding hydrogens is 344 g/mol. The van der Waals surface area contributed by atoms with Crippen molar-refractivity contribution in [3.63, 3.8) is 0 Å². The molecule has 7 nitrogen and oxygen atoms in total. The molecule has 1 aromatic rings. The summed E-state index contributed by atoms with van der Waals surface area (Å²) in [5.74, 6) is 0.723. The van der Waals surface area contributed by atoms with Crippen LogP contribution in [-0.4, -0.2) is 58.8 Å². The van der Waals surface area contributed by atoms with Crippen molar-refractivity contribution in [3.05, 3.63) is 18.2 Å². The van der Waals surface area contributed by atoms with Crippen LogP contribution in [0.3, 0.4) is 0 Å². The molecular formula is C17H26N2O5S. The number of likely N-dealkylation sites (tertiary alicyclic amines) is 1. The number of ether oxygens (including phenoxy) is 2. The number of piperidine rings is 1. The predicted molar refractivity (Wildman–Crippen MR) is 96.8 cm³/mol. The van der Waals surface area contributed by atoms with Gasteiger partial charge in [-0.3, -0.25) is 9.10 Å². The summed E-state index contributed by atoms with van der Waals surface area (Å²) >= 11 is 0. The molecule has 8 heteroatoms. The van der Waals surface area contributed by atoms with E-state index in [4.69, 9.17) is 9.47 Å². The topological polar surface area (TPSA) is 76.2 Å². The third-order valence-electron chi connectivity index (χ3n) is 4.36. The van der Waals surface area contributed by atoms with E-state index in [0.29, 0.717) is 30.3 Å². The molecule has 1 aliphatic heterocycles. The fourth-order valence-electron chi connectivity index (χ4n) is 3.14. The van der Waals surface area contributed by atoms with Gasteiger partial charge in [-0.25, -0.2) is 8.42 Å². The van der Waals surface area contributed by atoms with Crippen LogP contribution in [0.25, 0.3) is 0 Å². The van der Waals surface area contributed by atoms with Crippen molar-refractivity contribution >= 4 is 21.6 Å². The maximum atomic E-state index is 12.8. The highest BCUT2D eigenvalue weighted by atomic mass is 32.2. The van der Waals surface area contributed by atoms with Crippen LogP contribution >= 0.6 is 0 Å². The Labute approximate surface area is 149 Å². The number of nitrogens with zero attached hydrogens (tertiary/aromatic N) is 2. The monoisotopic (exact) mass is 370 g/mol. The maximum absolute atomic E-state index is 12.8. The minimum Gasteiger partial charge on any atom is -0.493 e. The second kappa shape index (κ2) is 7.95. The molecule has 0 radical (unpaired) electrons. The number of carbonyl (C=O) groups excluding carboxylic acids is 1. The number of hydrogen-bond donors (Lipinski definition) is 0. The van der Waals surface area contributed by atoms with Crippen molar-refractivity contribution in [1.29, 1.82) is 0 Å². The lowest BCUT2D eigenvalue weighted by molar-refractivity contribution is -0.132. The molecule has 0 aromatic heterocycles. The van der Waals surface area contributed by atoms with Gasteiger partial charge in [0.1, 0.15) is 6.04 Å². The van der Waals surface area contributed by atoms with Gasteiger partial charge in [-0.15, -0.1) is 0 Å². The van der Waals surface area contributed by atoms with Gasteiger partial charge in [0.05, 0.1) is 26.2 Å². The molecule has 25 heavy (non-hydrogen) atoms. The van der Waals surface area contributed by atoms with Crippen molar-refractivity contribution in [1.82, 2.24) is 4.90 Å². The first kappa shape index (κ1) is 19.4. The standard InChI is InChI=1S/C17H26N2O5S/c1-13(17(20)18-10-6-5-7-11-18)19(25(4,21)22)14-8-9-15(23-2)16(12-14)24-3/h8-9,12-13H,5-7,10-11H2,1-4H3. The summed E-state index contributed by atoms with van der Waals surface area (Å²) in [6.45, 7) is 2.97. The van der Waals surface area contributed by atoms with Gasteiger partial charge in [-0.1, -0.05) is 0 Å². The average Bonchev–Trinajstić information content (AvgIpc) is 2.60. The Bertz CT molecular complexity index is 714. The van der Waals surface area contributed by atoms with Crippen molar-refractivity contribution in [3.8, 4) is 11.5 Å². The van der Waals surface area contributed by atoms with Crippen molar-refractivity contribution in [2.45, 2.75) is 32.2 Å². The molecule has 1 amide bonds. The Kier molecular flexibility index (Phi) is 6.16. The van der Waals surface area contributed by atoms with Crippen LogP contribution in [0, 0.1) is 0 Å². The van der Waals surface area contributed by atoms with Gasteiger partial charge in [-0.05, 0) is 38.3 Å². The number of carbonyl (C=O) groups is 1. The number of sulfonamides is 1. The Hall–Kier alpha value is -1.96. The first-order valence-electron chi connectivity index (χ1n) is 8.29. The number of anilines is 1. The molecule has 0 aliphatic carbocycles. The van der Waals surface area contributed by atoms with Gasteiger partial charge in [0.2, 0.25) is 15.9 Å². The van der Waals surface area contributed by atoms with Crippen LogP contribution in [-0.2, 0) is 14.8 Å². The van der Waals surface area contributed by atoms with Crippen LogP contribution < -0.4 is 13.8 Å². The molecule has 0 spiro atoms. The number of amides is 1. The first-order chi connectivity index (χ1) is 11.8. The highest BCUT2D eigenvalue weighted by molar-refractivity contribution is 7.92. The van der Waals surface area contributed by atoms with E-state index < -0.39 is 16.1 Å². The SMILES string of the molecule is COc1ccc(N(C(C)C(=O)N2CCCCC2)S(C)(=O)=O)cc1OC. The summed E-state index contributed by atoms with van der Waals surface area (Å²) < 4.78 is 36.4. The Morgan fingerprint density at radius 2 is 1.72 bits per heavy atom. The van der Waals surface area contributed by atoms with E-state index in [-0.39, 0.29) is 5.91 Å². The van der Waals surface area contributed by atoms with E-state index >= 15 is 0 Å². The summed E-state index contributed by atoms with van der Waals surface area (Å²) in [5.41, 5.74) is 0.373. The molecule has 1 aromatic carbocycles. The lowest BCUT2D eigenvalue weighted by atomic mass is 10.1. The minimum atomic E-state index is -3.66. The molecule has 1 fully saturated rings. The van der Waals surface area contributed by atoms with E-state index in [2.05, 4.69) is 0 Å². The molecule has 0 N–H and O–H groups in total. The third kappa shape index (κ3) is 4.36. The normalized spacial score (nSPS) is 16.2. The fraction of sp³-hybridized carbons (Fsp3) is 0.588. The van der Waals surface area contributed by atoms with Gasteiger partial charge in [-0.2, -0.15) is 0 Å². The fourth-order valence-corrected chi connectivity index (χ4v) is 4.30. The van der Waals surface area contributed by atoms with E-state index in [1.54, 1.807) is 30.0 Å². The third-order valence-corrected chi connectivity index (χ3v) is 5.60. The van der Waals surface area contributed by atoms with Gasteiger partial charge < -0.3 is 14.4 Å². The zero-order valence-electron chi connectivity index (χ0n) is 15.2. The number of rotatable bonds is 6. The quantitative estimate of drug-likeness (QED) is 0.764. The van der Waals surface area contributed by atoms with Gasteiger partial charge in [0.15, 0.2) is 11.5 Å². The second-order valence-corrected chi connectivity index (χ2v) is 8.02. The number of hydrogen-bond acceptors (Lipinski definition) is 5. The van der Waals surface area contributed by atoms with Crippen LogP contribution in [0.2, 0.25) is 0 Å².